The highest BCUT2D eigenvalue weighted by molar-refractivity contribution is 5.75. The number of halogens is 1. The van der Waals surface area contributed by atoms with Crippen LogP contribution in [0.15, 0.2) is 18.2 Å². The largest absolute Gasteiger partial charge is 0.481 e. The number of aryl methyl sites for hydroxylation is 1. The van der Waals surface area contributed by atoms with Gasteiger partial charge in [0, 0.05) is 6.54 Å². The van der Waals surface area contributed by atoms with Crippen LogP contribution in [0.4, 0.5) is 4.39 Å². The van der Waals surface area contributed by atoms with Gasteiger partial charge in [-0.05, 0) is 48.9 Å². The molecule has 3 N–H and O–H groups in total. The average Bonchev–Trinajstić information content (AvgIpc) is 3.16. The Morgan fingerprint density at radius 2 is 2.21 bits per heavy atom. The monoisotopic (exact) mass is 265 g/mol. The van der Waals surface area contributed by atoms with Crippen molar-refractivity contribution in [2.45, 2.75) is 32.6 Å². The van der Waals surface area contributed by atoms with Crippen LogP contribution in [0.5, 0.6) is 0 Å². The normalized spacial score (nSPS) is 18.1. The zero-order valence-electron chi connectivity index (χ0n) is 11.2. The fourth-order valence-electron chi connectivity index (χ4n) is 2.55. The Bertz CT molecular complexity index is 485. The summed E-state index contributed by atoms with van der Waals surface area (Å²) in [5, 5.41) is 9.55. The average molecular weight is 265 g/mol. The highest BCUT2D eigenvalue weighted by Gasteiger charge is 2.42. The standard InChI is InChI=1S/C15H20FNO2/c1-10-2-5-13(16)6-12(10)8-15(9-17,14(18)19)7-11-3-4-11/h2,5-6,11H,3-4,7-9,17H2,1H3,(H,18,19). The number of aliphatic carboxylic acids is 1. The van der Waals surface area contributed by atoms with Gasteiger partial charge in [0.15, 0.2) is 0 Å². The van der Waals surface area contributed by atoms with Gasteiger partial charge in [0.2, 0.25) is 0 Å². The van der Waals surface area contributed by atoms with E-state index in [2.05, 4.69) is 0 Å². The summed E-state index contributed by atoms with van der Waals surface area (Å²) < 4.78 is 13.3. The molecule has 1 aliphatic carbocycles. The van der Waals surface area contributed by atoms with E-state index in [-0.39, 0.29) is 12.4 Å². The van der Waals surface area contributed by atoms with Gasteiger partial charge in [0.25, 0.3) is 0 Å². The van der Waals surface area contributed by atoms with Crippen molar-refractivity contribution in [2.24, 2.45) is 17.1 Å². The number of nitrogens with two attached hydrogens (primary N) is 1. The maximum atomic E-state index is 13.3. The Labute approximate surface area is 112 Å². The van der Waals surface area contributed by atoms with Gasteiger partial charge in [-0.1, -0.05) is 18.9 Å². The highest BCUT2D eigenvalue weighted by atomic mass is 19.1. The van der Waals surface area contributed by atoms with Gasteiger partial charge < -0.3 is 10.8 Å². The van der Waals surface area contributed by atoms with Crippen LogP contribution in [-0.2, 0) is 11.2 Å². The summed E-state index contributed by atoms with van der Waals surface area (Å²) in [7, 11) is 0. The van der Waals surface area contributed by atoms with Gasteiger partial charge in [-0.2, -0.15) is 0 Å². The molecule has 3 nitrogen and oxygen atoms in total. The first kappa shape index (κ1) is 14.0. The first-order chi connectivity index (χ1) is 8.97. The number of benzene rings is 1. The number of rotatable bonds is 6. The van der Waals surface area contributed by atoms with Gasteiger partial charge >= 0.3 is 5.97 Å². The molecule has 104 valence electrons. The smallest absolute Gasteiger partial charge is 0.311 e. The van der Waals surface area contributed by atoms with Crippen molar-refractivity contribution in [3.8, 4) is 0 Å². The molecule has 0 aromatic heterocycles. The Morgan fingerprint density at radius 1 is 1.53 bits per heavy atom. The van der Waals surface area contributed by atoms with Crippen molar-refractivity contribution >= 4 is 5.97 Å². The lowest BCUT2D eigenvalue weighted by Gasteiger charge is -2.28. The Hall–Kier alpha value is -1.42. The van der Waals surface area contributed by atoms with Crippen LogP contribution in [-0.4, -0.2) is 17.6 Å². The van der Waals surface area contributed by atoms with Crippen molar-refractivity contribution in [1.82, 2.24) is 0 Å². The molecular formula is C15H20FNO2. The van der Waals surface area contributed by atoms with E-state index in [0.717, 1.165) is 24.0 Å². The topological polar surface area (TPSA) is 63.3 Å². The van der Waals surface area contributed by atoms with E-state index in [1.165, 1.54) is 12.1 Å². The van der Waals surface area contributed by atoms with E-state index < -0.39 is 11.4 Å². The molecule has 0 saturated heterocycles. The molecular weight excluding hydrogens is 245 g/mol. The Morgan fingerprint density at radius 3 is 2.74 bits per heavy atom. The SMILES string of the molecule is Cc1ccc(F)cc1CC(CN)(CC1CC1)C(=O)O. The lowest BCUT2D eigenvalue weighted by Crippen LogP contribution is -2.41. The lowest BCUT2D eigenvalue weighted by atomic mass is 9.76. The summed E-state index contributed by atoms with van der Waals surface area (Å²) >= 11 is 0. The first-order valence-electron chi connectivity index (χ1n) is 6.65. The highest BCUT2D eigenvalue weighted by Crippen LogP contribution is 2.42. The Balaban J connectivity index is 2.27. The summed E-state index contributed by atoms with van der Waals surface area (Å²) in [6.07, 6.45) is 3.06. The van der Waals surface area contributed by atoms with Gasteiger partial charge in [-0.3, -0.25) is 4.79 Å². The molecule has 1 fully saturated rings. The van der Waals surface area contributed by atoms with Crippen molar-refractivity contribution in [1.29, 1.82) is 0 Å². The molecule has 1 saturated carbocycles. The first-order valence-corrected chi connectivity index (χ1v) is 6.65. The summed E-state index contributed by atoms with van der Waals surface area (Å²) in [5.41, 5.74) is 6.44. The van der Waals surface area contributed by atoms with Crippen LogP contribution in [0.1, 0.15) is 30.4 Å². The predicted molar refractivity (Wildman–Crippen MR) is 71.3 cm³/mol. The molecule has 1 aliphatic rings. The van der Waals surface area contributed by atoms with Gasteiger partial charge in [0.05, 0.1) is 5.41 Å². The molecule has 19 heavy (non-hydrogen) atoms. The molecule has 0 aliphatic heterocycles. The molecule has 1 aromatic rings. The number of carboxylic acids is 1. The van der Waals surface area contributed by atoms with Crippen LogP contribution >= 0.6 is 0 Å². The molecule has 1 aromatic carbocycles. The third-order valence-electron chi connectivity index (χ3n) is 4.06. The maximum Gasteiger partial charge on any atom is 0.311 e. The number of hydrogen-bond acceptors (Lipinski definition) is 2. The van der Waals surface area contributed by atoms with Crippen LogP contribution in [0.25, 0.3) is 0 Å². The fraction of sp³-hybridized carbons (Fsp3) is 0.533. The molecule has 0 heterocycles. The summed E-state index contributed by atoms with van der Waals surface area (Å²) in [6, 6.07) is 4.51. The van der Waals surface area contributed by atoms with Gasteiger partial charge in [-0.15, -0.1) is 0 Å². The second-order valence-corrected chi connectivity index (χ2v) is 5.68. The maximum absolute atomic E-state index is 13.3. The molecule has 2 rings (SSSR count). The lowest BCUT2D eigenvalue weighted by molar-refractivity contribution is -0.149. The molecule has 1 unspecified atom stereocenters. The minimum absolute atomic E-state index is 0.0921. The predicted octanol–water partition coefficient (Wildman–Crippen LogP) is 2.51. The fourth-order valence-corrected chi connectivity index (χ4v) is 2.55. The second-order valence-electron chi connectivity index (χ2n) is 5.68. The van der Waals surface area contributed by atoms with Gasteiger partial charge in [0.1, 0.15) is 5.82 Å². The Kier molecular flexibility index (Phi) is 3.90. The van der Waals surface area contributed by atoms with Crippen LogP contribution in [0, 0.1) is 24.1 Å². The van der Waals surface area contributed by atoms with Crippen molar-refractivity contribution in [2.75, 3.05) is 6.54 Å². The van der Waals surface area contributed by atoms with Crippen LogP contribution in [0.3, 0.4) is 0 Å². The van der Waals surface area contributed by atoms with Crippen LogP contribution in [0.2, 0.25) is 0 Å². The third kappa shape index (κ3) is 3.13. The number of hydrogen-bond donors (Lipinski definition) is 2. The quantitative estimate of drug-likeness (QED) is 0.830. The van der Waals surface area contributed by atoms with E-state index in [1.807, 2.05) is 6.92 Å². The van der Waals surface area contributed by atoms with Gasteiger partial charge in [-0.25, -0.2) is 4.39 Å². The van der Waals surface area contributed by atoms with E-state index >= 15 is 0 Å². The van der Waals surface area contributed by atoms with E-state index in [1.54, 1.807) is 6.07 Å². The molecule has 4 heteroatoms. The number of carbonyl (C=O) groups is 1. The summed E-state index contributed by atoms with van der Waals surface area (Å²) in [6.45, 7) is 1.96. The van der Waals surface area contributed by atoms with E-state index in [4.69, 9.17) is 5.73 Å². The second kappa shape index (κ2) is 5.29. The molecule has 0 bridgehead atoms. The zero-order chi connectivity index (χ0) is 14.0. The van der Waals surface area contributed by atoms with Crippen LogP contribution < -0.4 is 5.73 Å². The molecule has 0 radical (unpaired) electrons. The van der Waals surface area contributed by atoms with E-state index in [9.17, 15) is 14.3 Å². The zero-order valence-corrected chi connectivity index (χ0v) is 11.2. The van der Waals surface area contributed by atoms with Crippen molar-refractivity contribution in [3.05, 3.63) is 35.1 Å². The minimum atomic E-state index is -0.959. The molecule has 0 spiro atoms. The van der Waals surface area contributed by atoms with E-state index in [0.29, 0.717) is 18.8 Å². The summed E-state index contributed by atoms with van der Waals surface area (Å²) in [5.74, 6) is -0.734. The molecule has 1 atom stereocenters. The summed E-state index contributed by atoms with van der Waals surface area (Å²) in [4.78, 5) is 11.6. The minimum Gasteiger partial charge on any atom is -0.481 e. The van der Waals surface area contributed by atoms with Crippen molar-refractivity contribution < 1.29 is 14.3 Å². The molecule has 0 amide bonds. The van der Waals surface area contributed by atoms with Crippen molar-refractivity contribution in [3.63, 3.8) is 0 Å². The number of carboxylic acid groups (broad SMARTS) is 1. The third-order valence-corrected chi connectivity index (χ3v) is 4.06.